The molecule has 0 bridgehead atoms. The van der Waals surface area contributed by atoms with Crippen LogP contribution in [0.5, 0.6) is 0 Å². The second-order valence-corrected chi connectivity index (χ2v) is 2.81. The quantitative estimate of drug-likeness (QED) is 0.406. The summed E-state index contributed by atoms with van der Waals surface area (Å²) in [5.41, 5.74) is 0. The molecule has 0 aromatic carbocycles. The monoisotopic (exact) mass is 146 g/mol. The predicted molar refractivity (Wildman–Crippen MR) is 38.8 cm³/mol. The molecular weight excluding hydrogens is 136 g/mol. The third-order valence-electron chi connectivity index (χ3n) is 1.56. The van der Waals surface area contributed by atoms with E-state index in [1.165, 1.54) is 0 Å². The molecule has 0 spiro atoms. The third-order valence-corrected chi connectivity index (χ3v) is 1.93. The van der Waals surface area contributed by atoms with Crippen LogP contribution in [0.25, 0.3) is 0 Å². The number of hydrogen-bond donors (Lipinski definition) is 0. The molecule has 0 amide bonds. The Morgan fingerprint density at radius 2 is 2.22 bits per heavy atom. The standard InChI is InChI=1S/C7H11ClO/c1-9-7-4-2-6(8)3-5-7/h2,4,6-7H,3,5H2,1H3/t6-,7-/m1/s1. The average Bonchev–Trinajstić information content (AvgIpc) is 1.90. The van der Waals surface area contributed by atoms with Crippen LogP contribution < -0.4 is 0 Å². The molecule has 0 fully saturated rings. The van der Waals surface area contributed by atoms with Gasteiger partial charge < -0.3 is 4.74 Å². The van der Waals surface area contributed by atoms with Crippen molar-refractivity contribution in [2.75, 3.05) is 7.11 Å². The maximum Gasteiger partial charge on any atom is 0.0753 e. The number of ether oxygens (including phenoxy) is 1. The van der Waals surface area contributed by atoms with Crippen LogP contribution >= 0.6 is 11.6 Å². The van der Waals surface area contributed by atoms with Crippen molar-refractivity contribution in [1.29, 1.82) is 0 Å². The Hall–Kier alpha value is -0.0100. The predicted octanol–water partition coefficient (Wildman–Crippen LogP) is 1.96. The van der Waals surface area contributed by atoms with Crippen LogP contribution in [-0.4, -0.2) is 18.6 Å². The molecule has 0 unspecified atom stereocenters. The summed E-state index contributed by atoms with van der Waals surface area (Å²) in [7, 11) is 1.73. The van der Waals surface area contributed by atoms with E-state index in [1.54, 1.807) is 7.11 Å². The highest BCUT2D eigenvalue weighted by atomic mass is 35.5. The molecule has 9 heavy (non-hydrogen) atoms. The van der Waals surface area contributed by atoms with Crippen molar-refractivity contribution in [3.8, 4) is 0 Å². The van der Waals surface area contributed by atoms with Crippen molar-refractivity contribution in [3.63, 3.8) is 0 Å². The van der Waals surface area contributed by atoms with E-state index < -0.39 is 0 Å². The maximum atomic E-state index is 5.80. The van der Waals surface area contributed by atoms with E-state index in [0.717, 1.165) is 12.8 Å². The molecule has 0 N–H and O–H groups in total. The van der Waals surface area contributed by atoms with E-state index in [0.29, 0.717) is 6.10 Å². The lowest BCUT2D eigenvalue weighted by Gasteiger charge is -2.16. The Balaban J connectivity index is 2.38. The van der Waals surface area contributed by atoms with Crippen LogP contribution in [-0.2, 0) is 4.74 Å². The zero-order valence-electron chi connectivity index (χ0n) is 5.51. The van der Waals surface area contributed by atoms with E-state index in [9.17, 15) is 0 Å². The van der Waals surface area contributed by atoms with E-state index in [-0.39, 0.29) is 5.38 Å². The molecule has 2 heteroatoms. The third kappa shape index (κ3) is 1.99. The Kier molecular flexibility index (Phi) is 2.55. The molecule has 0 aromatic heterocycles. The van der Waals surface area contributed by atoms with Crippen molar-refractivity contribution in [3.05, 3.63) is 12.2 Å². The molecule has 1 rings (SSSR count). The fourth-order valence-electron chi connectivity index (χ4n) is 0.957. The first-order valence-electron chi connectivity index (χ1n) is 3.18. The van der Waals surface area contributed by atoms with Crippen molar-refractivity contribution < 1.29 is 4.74 Å². The molecule has 1 aliphatic carbocycles. The highest BCUT2D eigenvalue weighted by Crippen LogP contribution is 2.17. The summed E-state index contributed by atoms with van der Waals surface area (Å²) in [6, 6.07) is 0. The minimum atomic E-state index is 0.233. The number of hydrogen-bond acceptors (Lipinski definition) is 1. The molecule has 0 saturated heterocycles. The summed E-state index contributed by atoms with van der Waals surface area (Å²) in [6.07, 6.45) is 6.43. The number of halogens is 1. The lowest BCUT2D eigenvalue weighted by atomic mass is 10.1. The van der Waals surface area contributed by atoms with Gasteiger partial charge in [0.05, 0.1) is 11.5 Å². The van der Waals surface area contributed by atoms with Gasteiger partial charge in [0.2, 0.25) is 0 Å². The average molecular weight is 147 g/mol. The summed E-state index contributed by atoms with van der Waals surface area (Å²) in [4.78, 5) is 0. The Morgan fingerprint density at radius 1 is 1.44 bits per heavy atom. The zero-order chi connectivity index (χ0) is 6.69. The lowest BCUT2D eigenvalue weighted by molar-refractivity contribution is 0.128. The van der Waals surface area contributed by atoms with Gasteiger partial charge >= 0.3 is 0 Å². The number of methoxy groups -OCH3 is 1. The summed E-state index contributed by atoms with van der Waals surface area (Å²) in [5, 5.41) is 0.233. The second kappa shape index (κ2) is 3.23. The lowest BCUT2D eigenvalue weighted by Crippen LogP contribution is -2.14. The Labute approximate surface area is 60.7 Å². The van der Waals surface area contributed by atoms with E-state index in [2.05, 4.69) is 0 Å². The first-order chi connectivity index (χ1) is 4.33. The number of allylic oxidation sites excluding steroid dienone is 1. The molecule has 52 valence electrons. The Bertz CT molecular complexity index is 111. The van der Waals surface area contributed by atoms with Crippen LogP contribution in [0.2, 0.25) is 0 Å². The molecule has 1 aliphatic rings. The SMILES string of the molecule is CO[C@@H]1C=C[C@@H](Cl)CC1. The summed E-state index contributed by atoms with van der Waals surface area (Å²) >= 11 is 5.80. The Morgan fingerprint density at radius 3 is 2.67 bits per heavy atom. The van der Waals surface area contributed by atoms with Gasteiger partial charge in [-0.25, -0.2) is 0 Å². The van der Waals surface area contributed by atoms with Gasteiger partial charge in [0.15, 0.2) is 0 Å². The number of rotatable bonds is 1. The minimum absolute atomic E-state index is 0.233. The normalized spacial score (nSPS) is 34.9. The van der Waals surface area contributed by atoms with Crippen LogP contribution in [0.1, 0.15) is 12.8 Å². The largest absolute Gasteiger partial charge is 0.377 e. The van der Waals surface area contributed by atoms with Gasteiger partial charge in [0.1, 0.15) is 0 Å². The first-order valence-corrected chi connectivity index (χ1v) is 3.62. The summed E-state index contributed by atoms with van der Waals surface area (Å²) < 4.78 is 5.09. The van der Waals surface area contributed by atoms with E-state index in [4.69, 9.17) is 16.3 Å². The topological polar surface area (TPSA) is 9.23 Å². The maximum absolute atomic E-state index is 5.80. The first kappa shape index (κ1) is 7.10. The van der Waals surface area contributed by atoms with Gasteiger partial charge in [-0.05, 0) is 12.8 Å². The van der Waals surface area contributed by atoms with Crippen molar-refractivity contribution >= 4 is 11.6 Å². The van der Waals surface area contributed by atoms with E-state index >= 15 is 0 Å². The fraction of sp³-hybridized carbons (Fsp3) is 0.714. The molecular formula is C7H11ClO. The summed E-state index contributed by atoms with van der Waals surface area (Å²) in [5.74, 6) is 0. The molecule has 0 aromatic rings. The molecule has 0 radical (unpaired) electrons. The highest BCUT2D eigenvalue weighted by molar-refractivity contribution is 6.21. The van der Waals surface area contributed by atoms with Gasteiger partial charge in [0, 0.05) is 7.11 Å². The van der Waals surface area contributed by atoms with Crippen molar-refractivity contribution in [2.24, 2.45) is 0 Å². The van der Waals surface area contributed by atoms with Gasteiger partial charge in [-0.1, -0.05) is 12.2 Å². The van der Waals surface area contributed by atoms with Crippen molar-refractivity contribution in [1.82, 2.24) is 0 Å². The minimum Gasteiger partial charge on any atom is -0.377 e. The van der Waals surface area contributed by atoms with E-state index in [1.807, 2.05) is 12.2 Å². The second-order valence-electron chi connectivity index (χ2n) is 2.25. The van der Waals surface area contributed by atoms with Gasteiger partial charge in [-0.2, -0.15) is 0 Å². The van der Waals surface area contributed by atoms with Crippen LogP contribution in [0.15, 0.2) is 12.2 Å². The molecule has 0 heterocycles. The molecule has 1 nitrogen and oxygen atoms in total. The van der Waals surface area contributed by atoms with Crippen LogP contribution in [0.3, 0.4) is 0 Å². The van der Waals surface area contributed by atoms with Crippen molar-refractivity contribution in [2.45, 2.75) is 24.3 Å². The van der Waals surface area contributed by atoms with Crippen LogP contribution in [0, 0.1) is 0 Å². The van der Waals surface area contributed by atoms with Gasteiger partial charge in [-0.15, -0.1) is 11.6 Å². The highest BCUT2D eigenvalue weighted by Gasteiger charge is 2.11. The zero-order valence-corrected chi connectivity index (χ0v) is 6.27. The fourth-order valence-corrected chi connectivity index (χ4v) is 1.17. The van der Waals surface area contributed by atoms with Gasteiger partial charge in [-0.3, -0.25) is 0 Å². The van der Waals surface area contributed by atoms with Gasteiger partial charge in [0.25, 0.3) is 0 Å². The molecule has 0 aliphatic heterocycles. The van der Waals surface area contributed by atoms with Crippen LogP contribution in [0.4, 0.5) is 0 Å². The summed E-state index contributed by atoms with van der Waals surface area (Å²) in [6.45, 7) is 0. The smallest absolute Gasteiger partial charge is 0.0753 e. The molecule has 2 atom stereocenters. The number of alkyl halides is 1. The molecule has 0 saturated carbocycles.